The molecule has 1 aliphatic rings. The van der Waals surface area contributed by atoms with Gasteiger partial charge in [0.15, 0.2) is 0 Å². The summed E-state index contributed by atoms with van der Waals surface area (Å²) in [5.41, 5.74) is 7.31. The van der Waals surface area contributed by atoms with E-state index in [0.717, 1.165) is 30.6 Å². The summed E-state index contributed by atoms with van der Waals surface area (Å²) in [7, 11) is -1.54. The van der Waals surface area contributed by atoms with Crippen molar-refractivity contribution in [2.45, 2.75) is 30.8 Å². The summed E-state index contributed by atoms with van der Waals surface area (Å²) in [6.45, 7) is 3.84. The van der Waals surface area contributed by atoms with Crippen LogP contribution in [0.3, 0.4) is 0 Å². The zero-order valence-corrected chi connectivity index (χ0v) is 14.1. The van der Waals surface area contributed by atoms with Crippen molar-refractivity contribution in [3.8, 4) is 0 Å². The number of rotatable bonds is 4. The Balaban J connectivity index is 2.31. The molecule has 1 aromatic rings. The molecule has 0 amide bonds. The Kier molecular flexibility index (Phi) is 4.86. The molecule has 1 aromatic carbocycles. The topological polar surface area (TPSA) is 75.4 Å². The Morgan fingerprint density at radius 2 is 2.20 bits per heavy atom. The van der Waals surface area contributed by atoms with E-state index < -0.39 is 10.0 Å². The number of sulfonamides is 1. The summed E-state index contributed by atoms with van der Waals surface area (Å²) in [6, 6.07) is 3.50. The quantitative estimate of drug-likeness (QED) is 0.844. The van der Waals surface area contributed by atoms with Gasteiger partial charge in [0.25, 0.3) is 0 Å². The third-order valence-corrected chi connectivity index (χ3v) is 6.38. The van der Waals surface area contributed by atoms with Crippen LogP contribution in [0.1, 0.15) is 17.5 Å². The van der Waals surface area contributed by atoms with E-state index in [0.29, 0.717) is 11.0 Å². The number of benzene rings is 1. The predicted molar refractivity (Wildman–Crippen MR) is 83.0 cm³/mol. The van der Waals surface area contributed by atoms with Gasteiger partial charge in [0.1, 0.15) is 0 Å². The highest BCUT2D eigenvalue weighted by atomic mass is 79.9. The first kappa shape index (κ1) is 15.9. The van der Waals surface area contributed by atoms with Gasteiger partial charge in [0.05, 0.1) is 4.90 Å². The second kappa shape index (κ2) is 6.11. The second-order valence-corrected chi connectivity index (χ2v) is 7.77. The van der Waals surface area contributed by atoms with Crippen LogP contribution in [-0.4, -0.2) is 39.5 Å². The number of nitrogens with two attached hydrogens (primary N) is 1. The van der Waals surface area contributed by atoms with Crippen LogP contribution >= 0.6 is 15.9 Å². The van der Waals surface area contributed by atoms with Crippen molar-refractivity contribution in [2.24, 2.45) is 5.73 Å². The van der Waals surface area contributed by atoms with Crippen LogP contribution in [0.5, 0.6) is 0 Å². The Morgan fingerprint density at radius 3 is 2.75 bits per heavy atom. The first-order valence-electron chi connectivity index (χ1n) is 6.53. The van der Waals surface area contributed by atoms with Gasteiger partial charge in [-0.1, -0.05) is 6.07 Å². The number of likely N-dealkylation sites (N-methyl/N-ethyl adjacent to an activating group) is 1. The molecule has 1 fully saturated rings. The Labute approximate surface area is 128 Å². The van der Waals surface area contributed by atoms with Crippen LogP contribution in [0.2, 0.25) is 0 Å². The minimum absolute atomic E-state index is 0.0289. The number of nitrogens with one attached hydrogen (secondary N) is 1. The van der Waals surface area contributed by atoms with E-state index in [1.165, 1.54) is 0 Å². The van der Waals surface area contributed by atoms with Gasteiger partial charge in [-0.2, -0.15) is 0 Å². The van der Waals surface area contributed by atoms with E-state index in [2.05, 4.69) is 25.6 Å². The van der Waals surface area contributed by atoms with Crippen molar-refractivity contribution in [2.75, 3.05) is 20.1 Å². The van der Waals surface area contributed by atoms with Crippen molar-refractivity contribution in [3.05, 3.63) is 27.7 Å². The average Bonchev–Trinajstić information content (AvgIpc) is 2.76. The van der Waals surface area contributed by atoms with Crippen LogP contribution < -0.4 is 10.5 Å². The SMILES string of the molecule is Cc1cc(CN)cc(S(=O)(=O)NC2CCN(C)C2)c1Br. The summed E-state index contributed by atoms with van der Waals surface area (Å²) >= 11 is 3.37. The number of aryl methyl sites for hydroxylation is 1. The van der Waals surface area contributed by atoms with Crippen LogP contribution in [0.4, 0.5) is 0 Å². The Morgan fingerprint density at radius 1 is 1.50 bits per heavy atom. The van der Waals surface area contributed by atoms with Crippen LogP contribution in [0.25, 0.3) is 0 Å². The fourth-order valence-electron chi connectivity index (χ4n) is 2.44. The number of nitrogens with zero attached hydrogens (tertiary/aromatic N) is 1. The first-order chi connectivity index (χ1) is 9.33. The van der Waals surface area contributed by atoms with E-state index in [9.17, 15) is 8.42 Å². The van der Waals surface area contributed by atoms with Gasteiger partial charge >= 0.3 is 0 Å². The standard InChI is InChI=1S/C13H20BrN3O2S/c1-9-5-10(7-15)6-12(13(9)14)20(18,19)16-11-3-4-17(2)8-11/h5-6,11,16H,3-4,7-8,15H2,1-2H3. The fourth-order valence-corrected chi connectivity index (χ4v) is 4.77. The van der Waals surface area contributed by atoms with Gasteiger partial charge in [-0.25, -0.2) is 13.1 Å². The number of hydrogen-bond donors (Lipinski definition) is 2. The van der Waals surface area contributed by atoms with Gasteiger partial charge in [-0.15, -0.1) is 0 Å². The van der Waals surface area contributed by atoms with Crippen molar-refractivity contribution in [1.29, 1.82) is 0 Å². The van der Waals surface area contributed by atoms with Crippen molar-refractivity contribution >= 4 is 26.0 Å². The van der Waals surface area contributed by atoms with Gasteiger partial charge in [-0.3, -0.25) is 0 Å². The fraction of sp³-hybridized carbons (Fsp3) is 0.538. The summed E-state index contributed by atoms with van der Waals surface area (Å²) in [6.07, 6.45) is 0.836. The first-order valence-corrected chi connectivity index (χ1v) is 8.81. The highest BCUT2D eigenvalue weighted by molar-refractivity contribution is 9.10. The molecule has 0 radical (unpaired) electrons. The van der Waals surface area contributed by atoms with E-state index in [1.807, 2.05) is 20.0 Å². The molecule has 1 heterocycles. The maximum absolute atomic E-state index is 12.5. The summed E-state index contributed by atoms with van der Waals surface area (Å²) in [5, 5.41) is 0. The molecule has 0 saturated carbocycles. The zero-order valence-electron chi connectivity index (χ0n) is 11.7. The second-order valence-electron chi connectivity index (χ2n) is 5.30. The maximum atomic E-state index is 12.5. The highest BCUT2D eigenvalue weighted by Crippen LogP contribution is 2.27. The largest absolute Gasteiger partial charge is 0.326 e. The monoisotopic (exact) mass is 361 g/mol. The van der Waals surface area contributed by atoms with Gasteiger partial charge in [0.2, 0.25) is 10.0 Å². The van der Waals surface area contributed by atoms with Gasteiger partial charge < -0.3 is 10.6 Å². The summed E-state index contributed by atoms with van der Waals surface area (Å²) in [4.78, 5) is 2.39. The van der Waals surface area contributed by atoms with Crippen molar-refractivity contribution < 1.29 is 8.42 Å². The molecule has 5 nitrogen and oxygen atoms in total. The van der Waals surface area contributed by atoms with Gasteiger partial charge in [-0.05, 0) is 60.1 Å². The highest BCUT2D eigenvalue weighted by Gasteiger charge is 2.27. The zero-order chi connectivity index (χ0) is 14.9. The molecule has 0 spiro atoms. The van der Waals surface area contributed by atoms with Gasteiger partial charge in [0, 0.05) is 23.6 Å². The normalized spacial score (nSPS) is 20.5. The lowest BCUT2D eigenvalue weighted by atomic mass is 10.1. The molecule has 112 valence electrons. The lowest BCUT2D eigenvalue weighted by Gasteiger charge is -2.16. The number of halogens is 1. The average molecular weight is 362 g/mol. The van der Waals surface area contributed by atoms with E-state index >= 15 is 0 Å². The van der Waals surface area contributed by atoms with Crippen LogP contribution in [0.15, 0.2) is 21.5 Å². The minimum Gasteiger partial charge on any atom is -0.326 e. The molecule has 1 atom stereocenters. The number of hydrogen-bond acceptors (Lipinski definition) is 4. The number of likely N-dealkylation sites (tertiary alicyclic amines) is 1. The third kappa shape index (κ3) is 3.40. The molecular formula is C13H20BrN3O2S. The van der Waals surface area contributed by atoms with E-state index in [4.69, 9.17) is 5.73 Å². The van der Waals surface area contributed by atoms with E-state index in [1.54, 1.807) is 6.07 Å². The lowest BCUT2D eigenvalue weighted by molar-refractivity contribution is 0.407. The summed E-state index contributed by atoms with van der Waals surface area (Å²) in [5.74, 6) is 0. The predicted octanol–water partition coefficient (Wildman–Crippen LogP) is 1.20. The molecule has 1 saturated heterocycles. The molecule has 0 bridgehead atoms. The molecule has 1 aliphatic heterocycles. The molecule has 20 heavy (non-hydrogen) atoms. The lowest BCUT2D eigenvalue weighted by Crippen LogP contribution is -2.36. The molecular weight excluding hydrogens is 342 g/mol. The van der Waals surface area contributed by atoms with Crippen molar-refractivity contribution in [3.63, 3.8) is 0 Å². The third-order valence-electron chi connectivity index (χ3n) is 3.52. The molecule has 7 heteroatoms. The van der Waals surface area contributed by atoms with Crippen LogP contribution in [0, 0.1) is 6.92 Å². The molecule has 0 aliphatic carbocycles. The molecule has 1 unspecified atom stereocenters. The molecule has 0 aromatic heterocycles. The maximum Gasteiger partial charge on any atom is 0.242 e. The Bertz CT molecular complexity index is 604. The van der Waals surface area contributed by atoms with Crippen LogP contribution in [-0.2, 0) is 16.6 Å². The van der Waals surface area contributed by atoms with Crippen molar-refractivity contribution in [1.82, 2.24) is 9.62 Å². The Hall–Kier alpha value is -0.470. The van der Waals surface area contributed by atoms with E-state index in [-0.39, 0.29) is 10.9 Å². The minimum atomic E-state index is -3.53. The molecule has 3 N–H and O–H groups in total. The molecule has 2 rings (SSSR count). The summed E-state index contributed by atoms with van der Waals surface area (Å²) < 4.78 is 28.5. The smallest absolute Gasteiger partial charge is 0.242 e.